The Kier molecular flexibility index (Phi) is 3.99. The maximum absolute atomic E-state index is 11.7. The van der Waals surface area contributed by atoms with Crippen LogP contribution >= 0.6 is 0 Å². The van der Waals surface area contributed by atoms with Gasteiger partial charge >= 0.3 is 5.69 Å². The number of nitrogens with one attached hydrogen (secondary N) is 3. The Morgan fingerprint density at radius 2 is 2.18 bits per heavy atom. The summed E-state index contributed by atoms with van der Waals surface area (Å²) in [6.07, 6.45) is 3.87. The fourth-order valence-electron chi connectivity index (χ4n) is 2.71. The van der Waals surface area contributed by atoms with E-state index in [1.165, 1.54) is 5.56 Å². The zero-order valence-corrected chi connectivity index (χ0v) is 12.4. The van der Waals surface area contributed by atoms with E-state index >= 15 is 0 Å². The molecule has 0 bridgehead atoms. The van der Waals surface area contributed by atoms with E-state index in [1.54, 1.807) is 0 Å². The van der Waals surface area contributed by atoms with E-state index in [-0.39, 0.29) is 12.3 Å². The highest BCUT2D eigenvalue weighted by Gasteiger charge is 2.16. The second kappa shape index (κ2) is 6.08. The first-order valence-corrected chi connectivity index (χ1v) is 7.37. The van der Waals surface area contributed by atoms with Crippen LogP contribution in [0.1, 0.15) is 35.0 Å². The molecule has 2 aromatic heterocycles. The number of aromatic nitrogens is 5. The normalized spacial score (nSPS) is 13.1. The number of fused-ring (bicyclic) bond motifs is 1. The lowest BCUT2D eigenvalue weighted by Gasteiger charge is -2.07. The minimum absolute atomic E-state index is 0.0445. The molecule has 8 nitrogen and oxygen atoms in total. The van der Waals surface area contributed by atoms with E-state index in [0.717, 1.165) is 36.5 Å². The topological polar surface area (TPSA) is 116 Å². The lowest BCUT2D eigenvalue weighted by atomic mass is 10.2. The van der Waals surface area contributed by atoms with Crippen LogP contribution in [0.2, 0.25) is 0 Å². The van der Waals surface area contributed by atoms with Crippen molar-refractivity contribution in [2.45, 2.75) is 39.0 Å². The molecule has 0 saturated heterocycles. The molecule has 0 atom stereocenters. The van der Waals surface area contributed by atoms with E-state index in [2.05, 4.69) is 30.5 Å². The standard InChI is InChI=1S/C14H18N6O2/c1-8-9-3-2-4-10(9)17-11(16-8)5-6-15-13(21)7-12-18-14(22)20-19-12/h2-7H2,1H3,(H,15,21)(H2,18,19,20,22). The van der Waals surface area contributed by atoms with Crippen molar-refractivity contribution in [2.75, 3.05) is 6.54 Å². The van der Waals surface area contributed by atoms with Gasteiger partial charge in [0, 0.05) is 24.4 Å². The summed E-state index contributed by atoms with van der Waals surface area (Å²) in [5.41, 5.74) is 3.08. The minimum Gasteiger partial charge on any atom is -0.355 e. The lowest BCUT2D eigenvalue weighted by Crippen LogP contribution is -2.28. The van der Waals surface area contributed by atoms with E-state index in [0.29, 0.717) is 18.8 Å². The van der Waals surface area contributed by atoms with Crippen LogP contribution < -0.4 is 11.0 Å². The Morgan fingerprint density at radius 3 is 2.95 bits per heavy atom. The third-order valence-electron chi connectivity index (χ3n) is 3.74. The Labute approximate surface area is 126 Å². The number of hydrogen-bond acceptors (Lipinski definition) is 5. The van der Waals surface area contributed by atoms with E-state index in [9.17, 15) is 9.59 Å². The molecule has 3 N–H and O–H groups in total. The van der Waals surface area contributed by atoms with Crippen LogP contribution in [0.25, 0.3) is 0 Å². The highest BCUT2D eigenvalue weighted by Crippen LogP contribution is 2.22. The highest BCUT2D eigenvalue weighted by molar-refractivity contribution is 5.77. The summed E-state index contributed by atoms with van der Waals surface area (Å²) in [6, 6.07) is 0. The molecule has 0 saturated carbocycles. The third kappa shape index (κ3) is 3.21. The summed E-state index contributed by atoms with van der Waals surface area (Å²) < 4.78 is 0. The molecule has 22 heavy (non-hydrogen) atoms. The zero-order chi connectivity index (χ0) is 15.5. The first-order valence-electron chi connectivity index (χ1n) is 7.37. The molecule has 116 valence electrons. The molecule has 8 heteroatoms. The zero-order valence-electron chi connectivity index (χ0n) is 12.4. The molecule has 2 heterocycles. The number of hydrogen-bond donors (Lipinski definition) is 3. The van der Waals surface area contributed by atoms with Gasteiger partial charge in [0.05, 0.1) is 6.42 Å². The van der Waals surface area contributed by atoms with Crippen LogP contribution in [-0.4, -0.2) is 37.6 Å². The number of H-pyrrole nitrogens is 2. The van der Waals surface area contributed by atoms with Crippen molar-refractivity contribution in [2.24, 2.45) is 0 Å². The molecule has 0 fully saturated rings. The van der Waals surface area contributed by atoms with Gasteiger partial charge in [-0.15, -0.1) is 0 Å². The van der Waals surface area contributed by atoms with Crippen molar-refractivity contribution in [3.05, 3.63) is 39.1 Å². The third-order valence-corrected chi connectivity index (χ3v) is 3.74. The molecule has 1 aliphatic carbocycles. The molecular formula is C14H18N6O2. The average molecular weight is 302 g/mol. The van der Waals surface area contributed by atoms with Crippen LogP contribution in [0.15, 0.2) is 4.79 Å². The first-order chi connectivity index (χ1) is 10.6. The molecule has 0 radical (unpaired) electrons. The number of carbonyl (C=O) groups excluding carboxylic acids is 1. The monoisotopic (exact) mass is 302 g/mol. The van der Waals surface area contributed by atoms with E-state index in [1.807, 2.05) is 6.92 Å². The van der Waals surface area contributed by atoms with Gasteiger partial charge in [0.15, 0.2) is 0 Å². The van der Waals surface area contributed by atoms with Crippen LogP contribution in [0.4, 0.5) is 0 Å². The summed E-state index contributed by atoms with van der Waals surface area (Å²) in [4.78, 5) is 34.1. The molecule has 0 spiro atoms. The Balaban J connectivity index is 1.52. The van der Waals surface area contributed by atoms with Crippen molar-refractivity contribution < 1.29 is 4.79 Å². The largest absolute Gasteiger partial charge is 0.355 e. The Morgan fingerprint density at radius 1 is 1.32 bits per heavy atom. The summed E-state index contributed by atoms with van der Waals surface area (Å²) in [7, 11) is 0. The minimum atomic E-state index is -0.412. The Bertz CT molecular complexity index is 748. The van der Waals surface area contributed by atoms with Gasteiger partial charge in [0.2, 0.25) is 5.91 Å². The fourth-order valence-corrected chi connectivity index (χ4v) is 2.71. The molecule has 0 aliphatic heterocycles. The van der Waals surface area contributed by atoms with Crippen molar-refractivity contribution in [1.29, 1.82) is 0 Å². The summed E-state index contributed by atoms with van der Waals surface area (Å²) in [5.74, 6) is 0.902. The predicted octanol–water partition coefficient (Wildman–Crippen LogP) is -0.413. The SMILES string of the molecule is Cc1nc(CCNC(=O)Cc2n[nH]c(=O)[nH]2)nc2c1CCC2. The number of rotatable bonds is 5. The maximum atomic E-state index is 11.7. The second-order valence-electron chi connectivity index (χ2n) is 5.41. The average Bonchev–Trinajstić information content (AvgIpc) is 3.08. The van der Waals surface area contributed by atoms with Gasteiger partial charge in [0.1, 0.15) is 11.6 Å². The van der Waals surface area contributed by atoms with Crippen molar-refractivity contribution in [3.63, 3.8) is 0 Å². The van der Waals surface area contributed by atoms with Gasteiger partial charge in [-0.3, -0.25) is 9.78 Å². The van der Waals surface area contributed by atoms with Gasteiger partial charge in [0.25, 0.3) is 0 Å². The molecule has 1 amide bonds. The summed E-state index contributed by atoms with van der Waals surface area (Å²) >= 11 is 0. The van der Waals surface area contributed by atoms with Crippen LogP contribution in [0.3, 0.4) is 0 Å². The molecular weight excluding hydrogens is 284 g/mol. The van der Waals surface area contributed by atoms with Crippen molar-refractivity contribution in [1.82, 2.24) is 30.5 Å². The smallest absolute Gasteiger partial charge is 0.340 e. The molecule has 1 aliphatic rings. The Hall–Kier alpha value is -2.51. The summed E-state index contributed by atoms with van der Waals surface area (Å²) in [6.45, 7) is 2.48. The van der Waals surface area contributed by atoms with E-state index < -0.39 is 5.69 Å². The van der Waals surface area contributed by atoms with Gasteiger partial charge in [-0.1, -0.05) is 0 Å². The summed E-state index contributed by atoms with van der Waals surface area (Å²) in [5, 5.41) is 8.70. The number of amides is 1. The molecule has 3 rings (SSSR count). The predicted molar refractivity (Wildman–Crippen MR) is 78.4 cm³/mol. The lowest BCUT2D eigenvalue weighted by molar-refractivity contribution is -0.120. The number of aryl methyl sites for hydroxylation is 2. The van der Waals surface area contributed by atoms with Gasteiger partial charge < -0.3 is 5.32 Å². The molecule has 0 aromatic carbocycles. The number of nitrogens with zero attached hydrogens (tertiary/aromatic N) is 3. The maximum Gasteiger partial charge on any atom is 0.340 e. The second-order valence-corrected chi connectivity index (χ2v) is 5.41. The van der Waals surface area contributed by atoms with Crippen LogP contribution in [0, 0.1) is 6.92 Å². The van der Waals surface area contributed by atoms with Crippen molar-refractivity contribution in [3.8, 4) is 0 Å². The first kappa shape index (κ1) is 14.4. The van der Waals surface area contributed by atoms with Gasteiger partial charge in [-0.25, -0.2) is 19.9 Å². The number of carbonyl (C=O) groups is 1. The quantitative estimate of drug-likeness (QED) is 0.694. The van der Waals surface area contributed by atoms with Crippen LogP contribution in [-0.2, 0) is 30.5 Å². The highest BCUT2D eigenvalue weighted by atomic mass is 16.2. The molecule has 0 unspecified atom stereocenters. The molecule has 2 aromatic rings. The van der Waals surface area contributed by atoms with Crippen molar-refractivity contribution >= 4 is 5.91 Å². The van der Waals surface area contributed by atoms with Gasteiger partial charge in [-0.2, -0.15) is 5.10 Å². The van der Waals surface area contributed by atoms with Crippen LogP contribution in [0.5, 0.6) is 0 Å². The number of aromatic amines is 2. The van der Waals surface area contributed by atoms with Gasteiger partial charge in [-0.05, 0) is 31.7 Å². The fraction of sp³-hybridized carbons (Fsp3) is 0.500. The van der Waals surface area contributed by atoms with E-state index in [4.69, 9.17) is 0 Å².